The van der Waals surface area contributed by atoms with Crippen molar-refractivity contribution < 1.29 is 9.90 Å². The number of rotatable bonds is 4. The molecule has 0 aromatic carbocycles. The molecule has 25 heavy (non-hydrogen) atoms. The molecule has 1 N–H and O–H groups in total. The van der Waals surface area contributed by atoms with Crippen LogP contribution in [0.3, 0.4) is 0 Å². The zero-order valence-electron chi connectivity index (χ0n) is 15.6. The largest absolute Gasteiger partial charge is 0.391 e. The fourth-order valence-electron chi connectivity index (χ4n) is 4.63. The summed E-state index contributed by atoms with van der Waals surface area (Å²) in [6.45, 7) is 8.59. The second kappa shape index (κ2) is 6.76. The van der Waals surface area contributed by atoms with Crippen molar-refractivity contribution in [1.82, 2.24) is 14.4 Å². The normalized spacial score (nSPS) is 27.9. The van der Waals surface area contributed by atoms with Gasteiger partial charge >= 0.3 is 0 Å². The highest BCUT2D eigenvalue weighted by Gasteiger charge is 2.34. The highest BCUT2D eigenvalue weighted by molar-refractivity contribution is 5.95. The number of carbonyl (C=O) groups excluding carboxylic acids is 1. The summed E-state index contributed by atoms with van der Waals surface area (Å²) < 4.78 is 2.33. The summed E-state index contributed by atoms with van der Waals surface area (Å²) in [5.41, 5.74) is 3.22. The lowest BCUT2D eigenvalue weighted by atomic mass is 10.1. The van der Waals surface area contributed by atoms with E-state index in [9.17, 15) is 9.90 Å². The van der Waals surface area contributed by atoms with Gasteiger partial charge in [0.2, 0.25) is 0 Å². The first kappa shape index (κ1) is 17.1. The molecule has 0 bridgehead atoms. The van der Waals surface area contributed by atoms with E-state index in [0.29, 0.717) is 6.04 Å². The number of nitrogens with zero attached hydrogens (tertiary/aromatic N) is 3. The lowest BCUT2D eigenvalue weighted by molar-refractivity contribution is 0.0315. The molecule has 5 heteroatoms. The van der Waals surface area contributed by atoms with Crippen LogP contribution in [0, 0.1) is 19.8 Å². The van der Waals surface area contributed by atoms with Gasteiger partial charge in [-0.15, -0.1) is 0 Å². The summed E-state index contributed by atoms with van der Waals surface area (Å²) in [6.07, 6.45) is 5.63. The molecule has 3 fully saturated rings. The summed E-state index contributed by atoms with van der Waals surface area (Å²) in [5.74, 6) is 0.996. The molecule has 1 aliphatic heterocycles. The lowest BCUT2D eigenvalue weighted by Crippen LogP contribution is -2.53. The van der Waals surface area contributed by atoms with E-state index in [1.165, 1.54) is 18.5 Å². The number of aryl methyl sites for hydroxylation is 1. The highest BCUT2D eigenvalue weighted by Crippen LogP contribution is 2.32. The Kier molecular flexibility index (Phi) is 4.63. The van der Waals surface area contributed by atoms with E-state index < -0.39 is 0 Å². The molecule has 2 atom stereocenters. The third kappa shape index (κ3) is 3.36. The van der Waals surface area contributed by atoms with Gasteiger partial charge in [-0.3, -0.25) is 9.69 Å². The van der Waals surface area contributed by atoms with Gasteiger partial charge in [0.05, 0.1) is 11.7 Å². The third-order valence-corrected chi connectivity index (χ3v) is 6.46. The Morgan fingerprint density at radius 3 is 2.44 bits per heavy atom. The number of hydrogen-bond acceptors (Lipinski definition) is 3. The Labute approximate surface area is 150 Å². The van der Waals surface area contributed by atoms with Crippen LogP contribution in [0.4, 0.5) is 0 Å². The Morgan fingerprint density at radius 2 is 1.84 bits per heavy atom. The van der Waals surface area contributed by atoms with Gasteiger partial charge in [-0.2, -0.15) is 0 Å². The van der Waals surface area contributed by atoms with Gasteiger partial charge in [0, 0.05) is 50.2 Å². The second-order valence-electron chi connectivity index (χ2n) is 8.23. The van der Waals surface area contributed by atoms with E-state index in [1.807, 2.05) is 4.90 Å². The molecular formula is C20H31N3O2. The molecule has 0 radical (unpaired) electrons. The average Bonchev–Trinajstić information content (AvgIpc) is 3.27. The monoisotopic (exact) mass is 345 g/mol. The highest BCUT2D eigenvalue weighted by atomic mass is 16.3. The standard InChI is InChI=1S/C20H31N3O2/c1-14-12-17(15(2)23(14)13-16-6-7-16)20(25)22-10-8-21(9-11-22)18-4-3-5-19(18)24/h12,16,18-19,24H,3-11,13H2,1-2H3. The predicted octanol–water partition coefficient (Wildman–Crippen LogP) is 2.19. The van der Waals surface area contributed by atoms with Crippen molar-refractivity contribution in [3.8, 4) is 0 Å². The number of aromatic nitrogens is 1. The number of amides is 1. The van der Waals surface area contributed by atoms with Gasteiger partial charge in [0.25, 0.3) is 5.91 Å². The van der Waals surface area contributed by atoms with Gasteiger partial charge in [-0.1, -0.05) is 0 Å². The van der Waals surface area contributed by atoms with Gasteiger partial charge in [0.1, 0.15) is 0 Å². The van der Waals surface area contributed by atoms with E-state index in [-0.39, 0.29) is 12.0 Å². The average molecular weight is 345 g/mol. The molecule has 2 unspecified atom stereocenters. The fourth-order valence-corrected chi connectivity index (χ4v) is 4.63. The van der Waals surface area contributed by atoms with E-state index in [4.69, 9.17) is 0 Å². The molecule has 1 aromatic rings. The molecule has 2 saturated carbocycles. The van der Waals surface area contributed by atoms with Crippen molar-refractivity contribution >= 4 is 5.91 Å². The van der Waals surface area contributed by atoms with Crippen LogP contribution in [0.25, 0.3) is 0 Å². The first-order valence-corrected chi connectivity index (χ1v) is 9.92. The minimum Gasteiger partial charge on any atom is -0.391 e. The summed E-state index contributed by atoms with van der Waals surface area (Å²) >= 11 is 0. The number of hydrogen-bond donors (Lipinski definition) is 1. The number of carbonyl (C=O) groups is 1. The second-order valence-corrected chi connectivity index (χ2v) is 8.23. The Morgan fingerprint density at radius 1 is 1.12 bits per heavy atom. The van der Waals surface area contributed by atoms with Crippen LogP contribution in [0.2, 0.25) is 0 Å². The smallest absolute Gasteiger partial charge is 0.255 e. The van der Waals surface area contributed by atoms with E-state index >= 15 is 0 Å². The van der Waals surface area contributed by atoms with Crippen LogP contribution in [-0.4, -0.2) is 63.7 Å². The molecule has 4 rings (SSSR count). The first-order valence-electron chi connectivity index (χ1n) is 9.92. The number of aliphatic hydroxyl groups excluding tert-OH is 1. The topological polar surface area (TPSA) is 48.7 Å². The number of piperazine rings is 1. The lowest BCUT2D eigenvalue weighted by Gasteiger charge is -2.39. The maximum Gasteiger partial charge on any atom is 0.255 e. The maximum absolute atomic E-state index is 13.0. The van der Waals surface area contributed by atoms with Gasteiger partial charge < -0.3 is 14.6 Å². The maximum atomic E-state index is 13.0. The minimum atomic E-state index is -0.177. The molecule has 0 spiro atoms. The predicted molar refractivity (Wildman–Crippen MR) is 97.8 cm³/mol. The molecule has 2 heterocycles. The van der Waals surface area contributed by atoms with E-state index in [2.05, 4.69) is 29.4 Å². The van der Waals surface area contributed by atoms with Crippen molar-refractivity contribution in [3.05, 3.63) is 23.0 Å². The molecule has 1 amide bonds. The van der Waals surface area contributed by atoms with Crippen LogP contribution in [0.15, 0.2) is 6.07 Å². The Balaban J connectivity index is 1.40. The summed E-state index contributed by atoms with van der Waals surface area (Å²) in [7, 11) is 0. The SMILES string of the molecule is Cc1cc(C(=O)N2CCN(C3CCCC3O)CC2)c(C)n1CC1CC1. The van der Waals surface area contributed by atoms with Crippen molar-refractivity contribution in [3.63, 3.8) is 0 Å². The molecule has 1 saturated heterocycles. The third-order valence-electron chi connectivity index (χ3n) is 6.46. The quantitative estimate of drug-likeness (QED) is 0.910. The van der Waals surface area contributed by atoms with Crippen LogP contribution in [0.5, 0.6) is 0 Å². The Hall–Kier alpha value is -1.33. The zero-order chi connectivity index (χ0) is 17.6. The van der Waals surface area contributed by atoms with Crippen LogP contribution in [-0.2, 0) is 6.54 Å². The van der Waals surface area contributed by atoms with Gasteiger partial charge in [-0.25, -0.2) is 0 Å². The molecule has 138 valence electrons. The van der Waals surface area contributed by atoms with Gasteiger partial charge in [-0.05, 0) is 57.9 Å². The molecule has 5 nitrogen and oxygen atoms in total. The van der Waals surface area contributed by atoms with E-state index in [1.54, 1.807) is 0 Å². The molecule has 2 aliphatic carbocycles. The zero-order valence-corrected chi connectivity index (χ0v) is 15.6. The van der Waals surface area contributed by atoms with Crippen molar-refractivity contribution in [2.24, 2.45) is 5.92 Å². The van der Waals surface area contributed by atoms with E-state index in [0.717, 1.165) is 69.2 Å². The first-order chi connectivity index (χ1) is 12.0. The summed E-state index contributed by atoms with van der Waals surface area (Å²) in [5, 5.41) is 10.1. The van der Waals surface area contributed by atoms with Gasteiger partial charge in [0.15, 0.2) is 0 Å². The van der Waals surface area contributed by atoms with Crippen molar-refractivity contribution in [1.29, 1.82) is 0 Å². The van der Waals surface area contributed by atoms with Crippen LogP contribution >= 0.6 is 0 Å². The molecule has 3 aliphatic rings. The number of aliphatic hydroxyl groups is 1. The molecular weight excluding hydrogens is 314 g/mol. The fraction of sp³-hybridized carbons (Fsp3) is 0.750. The summed E-state index contributed by atoms with van der Waals surface area (Å²) in [4.78, 5) is 17.4. The Bertz CT molecular complexity index is 642. The van der Waals surface area contributed by atoms with Crippen molar-refractivity contribution in [2.45, 2.75) is 64.6 Å². The van der Waals surface area contributed by atoms with Crippen molar-refractivity contribution in [2.75, 3.05) is 26.2 Å². The van der Waals surface area contributed by atoms with Crippen LogP contribution in [0.1, 0.15) is 53.8 Å². The minimum absolute atomic E-state index is 0.177. The molecule has 1 aromatic heterocycles. The van der Waals surface area contributed by atoms with Crippen LogP contribution < -0.4 is 0 Å². The summed E-state index contributed by atoms with van der Waals surface area (Å²) in [6, 6.07) is 2.38.